The van der Waals surface area contributed by atoms with Crippen molar-refractivity contribution in [3.63, 3.8) is 0 Å². The molecule has 0 spiro atoms. The van der Waals surface area contributed by atoms with Crippen molar-refractivity contribution in [1.82, 2.24) is 14.9 Å². The Balaban J connectivity index is 1.76. The van der Waals surface area contributed by atoms with Crippen LogP contribution in [0.2, 0.25) is 0 Å². The number of imidazole rings is 1. The molecular weight excluding hydrogens is 358 g/mol. The molecule has 0 saturated heterocycles. The van der Waals surface area contributed by atoms with Crippen molar-refractivity contribution in [3.05, 3.63) is 30.1 Å². The molecule has 0 aliphatic heterocycles. The first-order valence-electron chi connectivity index (χ1n) is 12.0. The highest BCUT2D eigenvalue weighted by Gasteiger charge is 2.10. The average molecular weight is 400 g/mol. The van der Waals surface area contributed by atoms with E-state index in [-0.39, 0.29) is 5.91 Å². The minimum absolute atomic E-state index is 0.150. The van der Waals surface area contributed by atoms with Gasteiger partial charge in [-0.2, -0.15) is 0 Å². The standard InChI is InChI=1S/C25H41N3O/c1-3-5-6-7-8-9-10-16-21-28-23-18-14-13-17-22(23)27-24(28)19-12-11-15-20-26-25(29)4-2/h13-14,17-18H,3-12,15-16,19-21H2,1-2H3,(H,26,29). The second-order valence-corrected chi connectivity index (χ2v) is 8.16. The lowest BCUT2D eigenvalue weighted by Crippen LogP contribution is -2.23. The van der Waals surface area contributed by atoms with Gasteiger partial charge in [-0.15, -0.1) is 0 Å². The Morgan fingerprint density at radius 1 is 0.897 bits per heavy atom. The average Bonchev–Trinajstić information content (AvgIpc) is 3.09. The number of para-hydroxylation sites is 2. The number of carbonyl (C=O) groups is 1. The van der Waals surface area contributed by atoms with E-state index in [1.165, 1.54) is 62.7 Å². The summed E-state index contributed by atoms with van der Waals surface area (Å²) in [6.45, 7) is 6.04. The number of nitrogens with zero attached hydrogens (tertiary/aromatic N) is 2. The lowest BCUT2D eigenvalue weighted by Gasteiger charge is -2.10. The first-order valence-corrected chi connectivity index (χ1v) is 12.0. The molecule has 0 unspecified atom stereocenters. The molecule has 0 radical (unpaired) electrons. The monoisotopic (exact) mass is 399 g/mol. The number of hydrogen-bond donors (Lipinski definition) is 1. The van der Waals surface area contributed by atoms with Crippen LogP contribution in [0.5, 0.6) is 0 Å². The van der Waals surface area contributed by atoms with Gasteiger partial charge in [-0.05, 0) is 31.4 Å². The van der Waals surface area contributed by atoms with E-state index < -0.39 is 0 Å². The first-order chi connectivity index (χ1) is 14.3. The highest BCUT2D eigenvalue weighted by Crippen LogP contribution is 2.19. The Morgan fingerprint density at radius 3 is 2.34 bits per heavy atom. The highest BCUT2D eigenvalue weighted by atomic mass is 16.1. The SMILES string of the molecule is CCCCCCCCCCn1c(CCCCCNC(=O)CC)nc2ccccc21. The van der Waals surface area contributed by atoms with E-state index >= 15 is 0 Å². The van der Waals surface area contributed by atoms with Crippen molar-refractivity contribution in [1.29, 1.82) is 0 Å². The fraction of sp³-hybridized carbons (Fsp3) is 0.680. The topological polar surface area (TPSA) is 46.9 Å². The molecule has 162 valence electrons. The molecule has 4 nitrogen and oxygen atoms in total. The van der Waals surface area contributed by atoms with E-state index in [0.717, 1.165) is 44.3 Å². The van der Waals surface area contributed by atoms with Crippen molar-refractivity contribution in [2.24, 2.45) is 0 Å². The molecule has 1 aromatic heterocycles. The van der Waals surface area contributed by atoms with Crippen LogP contribution in [-0.2, 0) is 17.8 Å². The molecule has 0 saturated carbocycles. The van der Waals surface area contributed by atoms with Gasteiger partial charge < -0.3 is 9.88 Å². The molecule has 4 heteroatoms. The maximum absolute atomic E-state index is 11.3. The second kappa shape index (κ2) is 14.2. The van der Waals surface area contributed by atoms with Gasteiger partial charge in [0.25, 0.3) is 0 Å². The molecular formula is C25H41N3O. The molecule has 2 rings (SSSR count). The zero-order valence-electron chi connectivity index (χ0n) is 18.7. The fourth-order valence-corrected chi connectivity index (χ4v) is 3.91. The summed E-state index contributed by atoms with van der Waals surface area (Å²) >= 11 is 0. The maximum Gasteiger partial charge on any atom is 0.219 e. The summed E-state index contributed by atoms with van der Waals surface area (Å²) in [5.41, 5.74) is 2.40. The van der Waals surface area contributed by atoms with E-state index in [1.54, 1.807) is 0 Å². The van der Waals surface area contributed by atoms with Crippen LogP contribution in [0.15, 0.2) is 24.3 Å². The smallest absolute Gasteiger partial charge is 0.219 e. The van der Waals surface area contributed by atoms with Crippen LogP contribution >= 0.6 is 0 Å². The van der Waals surface area contributed by atoms with Gasteiger partial charge in [0.2, 0.25) is 5.91 Å². The third-order valence-electron chi connectivity index (χ3n) is 5.69. The van der Waals surface area contributed by atoms with E-state index in [9.17, 15) is 4.79 Å². The fourth-order valence-electron chi connectivity index (χ4n) is 3.91. The number of benzene rings is 1. The molecule has 0 atom stereocenters. The normalized spacial score (nSPS) is 11.2. The summed E-state index contributed by atoms with van der Waals surface area (Å²) in [5.74, 6) is 1.38. The molecule has 1 N–H and O–H groups in total. The summed E-state index contributed by atoms with van der Waals surface area (Å²) in [4.78, 5) is 16.2. The van der Waals surface area contributed by atoms with Crippen LogP contribution in [0.1, 0.15) is 96.7 Å². The minimum atomic E-state index is 0.150. The van der Waals surface area contributed by atoms with Crippen molar-refractivity contribution < 1.29 is 4.79 Å². The molecule has 1 heterocycles. The van der Waals surface area contributed by atoms with Gasteiger partial charge in [-0.3, -0.25) is 4.79 Å². The first kappa shape index (κ1) is 23.4. The quantitative estimate of drug-likeness (QED) is 0.331. The largest absolute Gasteiger partial charge is 0.356 e. The second-order valence-electron chi connectivity index (χ2n) is 8.16. The number of fused-ring (bicyclic) bond motifs is 1. The van der Waals surface area contributed by atoms with Crippen molar-refractivity contribution >= 4 is 16.9 Å². The third-order valence-corrected chi connectivity index (χ3v) is 5.69. The summed E-state index contributed by atoms with van der Waals surface area (Å²) in [7, 11) is 0. The summed E-state index contributed by atoms with van der Waals surface area (Å²) in [6, 6.07) is 8.53. The number of unbranched alkanes of at least 4 members (excludes halogenated alkanes) is 9. The van der Waals surface area contributed by atoms with E-state index in [0.29, 0.717) is 6.42 Å². The van der Waals surface area contributed by atoms with Crippen LogP contribution in [0.4, 0.5) is 0 Å². The molecule has 0 aliphatic carbocycles. The number of aryl methyl sites for hydroxylation is 2. The van der Waals surface area contributed by atoms with Gasteiger partial charge in [0.1, 0.15) is 5.82 Å². The summed E-state index contributed by atoms with van der Waals surface area (Å²) in [6.07, 6.45) is 15.7. The van der Waals surface area contributed by atoms with Gasteiger partial charge in [-0.1, -0.05) is 77.3 Å². The predicted molar refractivity (Wildman–Crippen MR) is 123 cm³/mol. The van der Waals surface area contributed by atoms with Crippen LogP contribution in [0, 0.1) is 0 Å². The number of aromatic nitrogens is 2. The van der Waals surface area contributed by atoms with Gasteiger partial charge in [0.05, 0.1) is 11.0 Å². The Labute approximate surface area is 177 Å². The van der Waals surface area contributed by atoms with Crippen LogP contribution < -0.4 is 5.32 Å². The van der Waals surface area contributed by atoms with E-state index in [1.807, 2.05) is 6.92 Å². The van der Waals surface area contributed by atoms with Crippen molar-refractivity contribution in [2.45, 2.75) is 104 Å². The zero-order valence-corrected chi connectivity index (χ0v) is 18.7. The van der Waals surface area contributed by atoms with E-state index in [2.05, 4.69) is 41.1 Å². The number of carbonyl (C=O) groups excluding carboxylic acids is 1. The Morgan fingerprint density at radius 2 is 1.59 bits per heavy atom. The van der Waals surface area contributed by atoms with Crippen LogP contribution in [-0.4, -0.2) is 22.0 Å². The lowest BCUT2D eigenvalue weighted by molar-refractivity contribution is -0.120. The zero-order chi connectivity index (χ0) is 20.7. The molecule has 29 heavy (non-hydrogen) atoms. The van der Waals surface area contributed by atoms with Crippen LogP contribution in [0.25, 0.3) is 11.0 Å². The van der Waals surface area contributed by atoms with Gasteiger partial charge in [0, 0.05) is 25.9 Å². The molecule has 1 aromatic carbocycles. The molecule has 1 amide bonds. The number of hydrogen-bond acceptors (Lipinski definition) is 2. The number of nitrogens with one attached hydrogen (secondary N) is 1. The Bertz CT molecular complexity index is 707. The third kappa shape index (κ3) is 8.59. The Kier molecular flexibility index (Phi) is 11.5. The number of rotatable bonds is 16. The summed E-state index contributed by atoms with van der Waals surface area (Å²) < 4.78 is 2.45. The van der Waals surface area contributed by atoms with Gasteiger partial charge in [0.15, 0.2) is 0 Å². The highest BCUT2D eigenvalue weighted by molar-refractivity contribution is 5.76. The van der Waals surface area contributed by atoms with Crippen LogP contribution in [0.3, 0.4) is 0 Å². The van der Waals surface area contributed by atoms with Crippen molar-refractivity contribution in [2.75, 3.05) is 6.54 Å². The molecule has 0 bridgehead atoms. The predicted octanol–water partition coefficient (Wildman–Crippen LogP) is 6.42. The minimum Gasteiger partial charge on any atom is -0.356 e. The molecule has 2 aromatic rings. The summed E-state index contributed by atoms with van der Waals surface area (Å²) in [5, 5.41) is 2.96. The van der Waals surface area contributed by atoms with Gasteiger partial charge in [-0.25, -0.2) is 4.98 Å². The Hall–Kier alpha value is -1.84. The molecule has 0 aliphatic rings. The lowest BCUT2D eigenvalue weighted by atomic mass is 10.1. The number of amides is 1. The van der Waals surface area contributed by atoms with Gasteiger partial charge >= 0.3 is 0 Å². The molecule has 0 fully saturated rings. The maximum atomic E-state index is 11.3. The van der Waals surface area contributed by atoms with Crippen molar-refractivity contribution in [3.8, 4) is 0 Å². The van der Waals surface area contributed by atoms with E-state index in [4.69, 9.17) is 4.98 Å².